The Balaban J connectivity index is 1.57. The number of ether oxygens (including phenoxy) is 2. The minimum Gasteiger partial charge on any atom is -0.406 e. The lowest BCUT2D eigenvalue weighted by molar-refractivity contribution is -0.274. The van der Waals surface area contributed by atoms with Gasteiger partial charge in [-0.15, -0.1) is 13.2 Å². The fourth-order valence-electron chi connectivity index (χ4n) is 3.21. The van der Waals surface area contributed by atoms with Crippen molar-refractivity contribution in [3.8, 4) is 5.75 Å². The Bertz CT molecular complexity index is 518. The van der Waals surface area contributed by atoms with Crippen molar-refractivity contribution in [3.63, 3.8) is 0 Å². The summed E-state index contributed by atoms with van der Waals surface area (Å²) in [5, 5.41) is 3.64. The van der Waals surface area contributed by atoms with E-state index in [-0.39, 0.29) is 5.75 Å². The quantitative estimate of drug-likeness (QED) is 0.920. The molecule has 0 aliphatic carbocycles. The number of hydrogen-bond acceptors (Lipinski definition) is 4. The van der Waals surface area contributed by atoms with Crippen molar-refractivity contribution < 1.29 is 22.6 Å². The Kier molecular flexibility index (Phi) is 4.96. The third-order valence-corrected chi connectivity index (χ3v) is 4.30. The predicted molar refractivity (Wildman–Crippen MR) is 80.7 cm³/mol. The molecule has 1 atom stereocenters. The largest absolute Gasteiger partial charge is 0.573 e. The summed E-state index contributed by atoms with van der Waals surface area (Å²) in [5.74, 6) is -0.171. The third-order valence-electron chi connectivity index (χ3n) is 4.30. The summed E-state index contributed by atoms with van der Waals surface area (Å²) in [6.45, 7) is 3.22. The van der Waals surface area contributed by atoms with Gasteiger partial charge in [0.1, 0.15) is 5.75 Å². The van der Waals surface area contributed by atoms with E-state index in [2.05, 4.69) is 15.0 Å². The highest BCUT2D eigenvalue weighted by molar-refractivity contribution is 5.51. The van der Waals surface area contributed by atoms with Gasteiger partial charge in [-0.3, -0.25) is 0 Å². The lowest BCUT2D eigenvalue weighted by Gasteiger charge is -2.27. The molecule has 0 saturated carbocycles. The Labute approximate surface area is 133 Å². The van der Waals surface area contributed by atoms with Crippen LogP contribution in [0.2, 0.25) is 0 Å². The molecule has 23 heavy (non-hydrogen) atoms. The average Bonchev–Trinajstić information content (AvgIpc) is 2.95. The molecule has 2 aliphatic heterocycles. The Morgan fingerprint density at radius 3 is 2.65 bits per heavy atom. The lowest BCUT2D eigenvalue weighted by Crippen LogP contribution is -2.42. The third kappa shape index (κ3) is 4.75. The second kappa shape index (κ2) is 6.97. The first-order valence-corrected chi connectivity index (χ1v) is 7.94. The number of alkyl halides is 3. The molecule has 2 saturated heterocycles. The molecule has 128 valence electrons. The summed E-state index contributed by atoms with van der Waals surface area (Å²) in [7, 11) is 0. The van der Waals surface area contributed by atoms with Gasteiger partial charge in [-0.05, 0) is 31.4 Å². The van der Waals surface area contributed by atoms with E-state index in [4.69, 9.17) is 4.74 Å². The number of hydrogen-bond donors (Lipinski definition) is 1. The van der Waals surface area contributed by atoms with Gasteiger partial charge in [0.2, 0.25) is 0 Å². The number of nitrogens with one attached hydrogen (secondary N) is 1. The number of rotatable bonds is 4. The van der Waals surface area contributed by atoms with Crippen LogP contribution in [0.4, 0.5) is 18.9 Å². The van der Waals surface area contributed by atoms with Crippen LogP contribution in [0.5, 0.6) is 5.75 Å². The smallest absolute Gasteiger partial charge is 0.406 e. The van der Waals surface area contributed by atoms with E-state index in [9.17, 15) is 13.2 Å². The van der Waals surface area contributed by atoms with E-state index in [0.717, 1.165) is 51.3 Å². The molecule has 1 N–H and O–H groups in total. The zero-order valence-corrected chi connectivity index (χ0v) is 12.8. The normalized spacial score (nSPS) is 23.3. The fraction of sp³-hybridized carbons (Fsp3) is 0.625. The number of halogens is 3. The molecule has 1 aromatic rings. The van der Waals surface area contributed by atoms with E-state index in [1.54, 1.807) is 6.07 Å². The van der Waals surface area contributed by atoms with E-state index >= 15 is 0 Å². The molecular weight excluding hydrogens is 309 g/mol. The zero-order chi connectivity index (χ0) is 16.3. The number of nitrogens with zero attached hydrogens (tertiary/aromatic N) is 1. The molecule has 2 fully saturated rings. The maximum absolute atomic E-state index is 12.3. The Morgan fingerprint density at radius 2 is 1.91 bits per heavy atom. The van der Waals surface area contributed by atoms with Crippen molar-refractivity contribution in [2.75, 3.05) is 31.2 Å². The van der Waals surface area contributed by atoms with Crippen LogP contribution in [0.25, 0.3) is 0 Å². The van der Waals surface area contributed by atoms with E-state index in [1.165, 1.54) is 12.1 Å². The van der Waals surface area contributed by atoms with Crippen molar-refractivity contribution in [1.82, 2.24) is 5.32 Å². The van der Waals surface area contributed by atoms with Gasteiger partial charge < -0.3 is 19.7 Å². The molecule has 2 aliphatic rings. The van der Waals surface area contributed by atoms with Crippen LogP contribution in [0.15, 0.2) is 24.3 Å². The van der Waals surface area contributed by atoms with Gasteiger partial charge in [0, 0.05) is 50.1 Å². The van der Waals surface area contributed by atoms with Gasteiger partial charge in [0.25, 0.3) is 0 Å². The minimum absolute atomic E-state index is 0.171. The van der Waals surface area contributed by atoms with Crippen LogP contribution in [-0.2, 0) is 4.74 Å². The zero-order valence-electron chi connectivity index (χ0n) is 12.8. The average molecular weight is 330 g/mol. The molecule has 1 aromatic carbocycles. The number of anilines is 1. The molecule has 0 unspecified atom stereocenters. The minimum atomic E-state index is -4.66. The van der Waals surface area contributed by atoms with E-state index < -0.39 is 6.36 Å². The first-order valence-electron chi connectivity index (χ1n) is 7.94. The van der Waals surface area contributed by atoms with Gasteiger partial charge in [-0.1, -0.05) is 6.07 Å². The maximum atomic E-state index is 12.3. The van der Waals surface area contributed by atoms with Crippen molar-refractivity contribution in [2.24, 2.45) is 0 Å². The van der Waals surface area contributed by atoms with Gasteiger partial charge in [-0.25, -0.2) is 0 Å². The Hall–Kier alpha value is -1.47. The van der Waals surface area contributed by atoms with Gasteiger partial charge >= 0.3 is 6.36 Å². The van der Waals surface area contributed by atoms with E-state index in [1.807, 2.05) is 6.07 Å². The molecule has 4 nitrogen and oxygen atoms in total. The first-order chi connectivity index (χ1) is 11.0. The van der Waals surface area contributed by atoms with Crippen LogP contribution < -0.4 is 15.0 Å². The SMILES string of the molecule is FC(F)(F)Oc1cccc(N2CC[C@@H](NC3CCOCC3)C2)c1. The number of benzene rings is 1. The molecule has 0 amide bonds. The fourth-order valence-corrected chi connectivity index (χ4v) is 3.21. The second-order valence-corrected chi connectivity index (χ2v) is 6.03. The molecule has 0 aromatic heterocycles. The van der Waals surface area contributed by atoms with Crippen LogP contribution >= 0.6 is 0 Å². The summed E-state index contributed by atoms with van der Waals surface area (Å²) >= 11 is 0. The maximum Gasteiger partial charge on any atom is 0.573 e. The topological polar surface area (TPSA) is 33.7 Å². The molecular formula is C16H21F3N2O2. The van der Waals surface area contributed by atoms with Crippen LogP contribution in [0, 0.1) is 0 Å². The molecule has 0 bridgehead atoms. The molecule has 2 heterocycles. The highest BCUT2D eigenvalue weighted by atomic mass is 19.4. The molecule has 0 radical (unpaired) electrons. The molecule has 3 rings (SSSR count). The second-order valence-electron chi connectivity index (χ2n) is 6.03. The predicted octanol–water partition coefficient (Wildman–Crippen LogP) is 2.93. The summed E-state index contributed by atoms with van der Waals surface area (Å²) in [6, 6.07) is 7.03. The van der Waals surface area contributed by atoms with Crippen LogP contribution in [0.1, 0.15) is 19.3 Å². The molecule has 0 spiro atoms. The standard InChI is InChI=1S/C16H21F3N2O2/c17-16(18,19)23-15-3-1-2-14(10-15)21-7-4-13(11-21)20-12-5-8-22-9-6-12/h1-3,10,12-13,20H,4-9,11H2/t13-/m1/s1. The van der Waals surface area contributed by atoms with Crippen LogP contribution in [0.3, 0.4) is 0 Å². The van der Waals surface area contributed by atoms with Gasteiger partial charge in [0.05, 0.1) is 0 Å². The summed E-state index contributed by atoms with van der Waals surface area (Å²) < 4.78 is 46.3. The van der Waals surface area contributed by atoms with Gasteiger partial charge in [-0.2, -0.15) is 0 Å². The first kappa shape index (κ1) is 16.4. The Morgan fingerprint density at radius 1 is 1.13 bits per heavy atom. The van der Waals surface area contributed by atoms with Crippen LogP contribution in [-0.4, -0.2) is 44.7 Å². The summed E-state index contributed by atoms with van der Waals surface area (Å²) in [6.07, 6.45) is -1.63. The van der Waals surface area contributed by atoms with Gasteiger partial charge in [0.15, 0.2) is 0 Å². The summed E-state index contributed by atoms with van der Waals surface area (Å²) in [4.78, 5) is 2.10. The van der Waals surface area contributed by atoms with E-state index in [0.29, 0.717) is 12.1 Å². The van der Waals surface area contributed by atoms with Crippen molar-refractivity contribution in [1.29, 1.82) is 0 Å². The highest BCUT2D eigenvalue weighted by Crippen LogP contribution is 2.28. The van der Waals surface area contributed by atoms with Crippen molar-refractivity contribution >= 4 is 5.69 Å². The molecule has 7 heteroatoms. The lowest BCUT2D eigenvalue weighted by atomic mass is 10.1. The van der Waals surface area contributed by atoms with Crippen molar-refractivity contribution in [2.45, 2.75) is 37.7 Å². The van der Waals surface area contributed by atoms with Crippen molar-refractivity contribution in [3.05, 3.63) is 24.3 Å². The highest BCUT2D eigenvalue weighted by Gasteiger charge is 2.31. The monoisotopic (exact) mass is 330 g/mol. The summed E-state index contributed by atoms with van der Waals surface area (Å²) in [5.41, 5.74) is 0.767.